The highest BCUT2D eigenvalue weighted by Crippen LogP contribution is 1.95. The number of methoxy groups -OCH3 is 1. The Bertz CT molecular complexity index is 154. The van der Waals surface area contributed by atoms with Crippen molar-refractivity contribution in [1.29, 1.82) is 0 Å². The monoisotopic (exact) mass is 238 g/mol. The third-order valence-corrected chi connectivity index (χ3v) is 1.92. The zero-order valence-corrected chi connectivity index (χ0v) is 10.4. The number of ether oxygens (including phenoxy) is 1. The predicted molar refractivity (Wildman–Crippen MR) is 64.3 cm³/mol. The molecule has 0 aliphatic carbocycles. The molecule has 0 aromatic heterocycles. The minimum Gasteiger partial charge on any atom is -0.385 e. The summed E-state index contributed by atoms with van der Waals surface area (Å²) in [4.78, 5) is 11.2. The standard InChI is InChI=1S/C10H22N2O2.ClH/c1-9(11)6-7-12-10(13)5-3-4-8-14-2;/h9H,3-8,11H2,1-2H3,(H,12,13);1H. The lowest BCUT2D eigenvalue weighted by atomic mass is 10.2. The van der Waals surface area contributed by atoms with Crippen molar-refractivity contribution in [2.75, 3.05) is 20.3 Å². The van der Waals surface area contributed by atoms with Crippen molar-refractivity contribution in [3.8, 4) is 0 Å². The summed E-state index contributed by atoms with van der Waals surface area (Å²) >= 11 is 0. The van der Waals surface area contributed by atoms with Crippen molar-refractivity contribution in [3.63, 3.8) is 0 Å². The van der Waals surface area contributed by atoms with Gasteiger partial charge in [0, 0.05) is 32.7 Å². The predicted octanol–water partition coefficient (Wildman–Crippen LogP) is 1.08. The Labute approximate surface area is 98.3 Å². The maximum Gasteiger partial charge on any atom is 0.219 e. The molecule has 3 N–H and O–H groups in total. The second kappa shape index (κ2) is 11.8. The molecule has 0 aliphatic rings. The number of nitrogens with two attached hydrogens (primary N) is 1. The Morgan fingerprint density at radius 2 is 2.13 bits per heavy atom. The van der Waals surface area contributed by atoms with Gasteiger partial charge in [-0.1, -0.05) is 0 Å². The number of carbonyl (C=O) groups excluding carboxylic acids is 1. The summed E-state index contributed by atoms with van der Waals surface area (Å²) in [5, 5.41) is 2.83. The van der Waals surface area contributed by atoms with Crippen LogP contribution in [0.2, 0.25) is 0 Å². The molecule has 0 saturated carbocycles. The molecule has 0 heterocycles. The first-order chi connectivity index (χ1) is 6.66. The molecule has 0 aromatic carbocycles. The van der Waals surface area contributed by atoms with E-state index in [1.807, 2.05) is 6.92 Å². The van der Waals surface area contributed by atoms with Crippen LogP contribution in [0.3, 0.4) is 0 Å². The molecule has 0 aromatic rings. The number of hydrogen-bond acceptors (Lipinski definition) is 3. The number of halogens is 1. The molecule has 1 unspecified atom stereocenters. The lowest BCUT2D eigenvalue weighted by Crippen LogP contribution is -2.28. The number of unbranched alkanes of at least 4 members (excludes halogenated alkanes) is 1. The van der Waals surface area contributed by atoms with Gasteiger partial charge < -0.3 is 15.8 Å². The molecule has 0 spiro atoms. The molecule has 0 fully saturated rings. The van der Waals surface area contributed by atoms with E-state index in [1.165, 1.54) is 0 Å². The molecule has 5 heteroatoms. The van der Waals surface area contributed by atoms with Crippen LogP contribution in [0.5, 0.6) is 0 Å². The summed E-state index contributed by atoms with van der Waals surface area (Å²) in [5.41, 5.74) is 5.55. The van der Waals surface area contributed by atoms with Crippen LogP contribution in [0.25, 0.3) is 0 Å². The number of carbonyl (C=O) groups is 1. The average molecular weight is 239 g/mol. The second-order valence-corrected chi connectivity index (χ2v) is 3.57. The van der Waals surface area contributed by atoms with Gasteiger partial charge in [0.2, 0.25) is 5.91 Å². The van der Waals surface area contributed by atoms with E-state index in [0.29, 0.717) is 13.0 Å². The minimum absolute atomic E-state index is 0. The zero-order chi connectivity index (χ0) is 10.8. The van der Waals surface area contributed by atoms with Gasteiger partial charge in [-0.3, -0.25) is 4.79 Å². The van der Waals surface area contributed by atoms with E-state index in [4.69, 9.17) is 10.5 Å². The number of rotatable bonds is 8. The number of hydrogen-bond donors (Lipinski definition) is 2. The Morgan fingerprint density at radius 1 is 1.47 bits per heavy atom. The van der Waals surface area contributed by atoms with E-state index < -0.39 is 0 Å². The third kappa shape index (κ3) is 13.7. The first-order valence-corrected chi connectivity index (χ1v) is 5.18. The van der Waals surface area contributed by atoms with Crippen LogP contribution in [0, 0.1) is 0 Å². The van der Waals surface area contributed by atoms with Crippen molar-refractivity contribution >= 4 is 18.3 Å². The third-order valence-electron chi connectivity index (χ3n) is 1.92. The fourth-order valence-electron chi connectivity index (χ4n) is 1.06. The quantitative estimate of drug-likeness (QED) is 0.622. The van der Waals surface area contributed by atoms with Gasteiger partial charge in [-0.2, -0.15) is 0 Å². The SMILES string of the molecule is COCCCCC(=O)NCCC(C)N.Cl. The van der Waals surface area contributed by atoms with Crippen molar-refractivity contribution in [3.05, 3.63) is 0 Å². The minimum atomic E-state index is 0. The smallest absolute Gasteiger partial charge is 0.219 e. The molecule has 0 radical (unpaired) electrons. The molecule has 1 amide bonds. The molecule has 92 valence electrons. The second-order valence-electron chi connectivity index (χ2n) is 3.57. The maximum absolute atomic E-state index is 11.2. The van der Waals surface area contributed by atoms with Gasteiger partial charge in [0.1, 0.15) is 0 Å². The molecular formula is C10H23ClN2O2. The van der Waals surface area contributed by atoms with Gasteiger partial charge in [-0.05, 0) is 26.2 Å². The summed E-state index contributed by atoms with van der Waals surface area (Å²) in [6.07, 6.45) is 3.25. The first-order valence-electron chi connectivity index (χ1n) is 5.18. The zero-order valence-electron chi connectivity index (χ0n) is 9.62. The van der Waals surface area contributed by atoms with Crippen molar-refractivity contribution in [2.24, 2.45) is 5.73 Å². The van der Waals surface area contributed by atoms with Crippen molar-refractivity contribution < 1.29 is 9.53 Å². The largest absolute Gasteiger partial charge is 0.385 e. The van der Waals surface area contributed by atoms with Crippen LogP contribution in [0.4, 0.5) is 0 Å². The van der Waals surface area contributed by atoms with Crippen molar-refractivity contribution in [1.82, 2.24) is 5.32 Å². The van der Waals surface area contributed by atoms with E-state index in [0.717, 1.165) is 25.9 Å². The molecular weight excluding hydrogens is 216 g/mol. The molecule has 4 nitrogen and oxygen atoms in total. The maximum atomic E-state index is 11.2. The Balaban J connectivity index is 0. The lowest BCUT2D eigenvalue weighted by molar-refractivity contribution is -0.121. The van der Waals surface area contributed by atoms with E-state index in [2.05, 4.69) is 5.32 Å². The summed E-state index contributed by atoms with van der Waals surface area (Å²) < 4.78 is 4.89. The van der Waals surface area contributed by atoms with Crippen LogP contribution in [0.15, 0.2) is 0 Å². The van der Waals surface area contributed by atoms with Gasteiger partial charge in [0.25, 0.3) is 0 Å². The molecule has 0 bridgehead atoms. The van der Waals surface area contributed by atoms with Gasteiger partial charge in [0.05, 0.1) is 0 Å². The van der Waals surface area contributed by atoms with Gasteiger partial charge in [-0.15, -0.1) is 12.4 Å². The van der Waals surface area contributed by atoms with Crippen LogP contribution in [-0.4, -0.2) is 32.2 Å². The average Bonchev–Trinajstić information content (AvgIpc) is 2.12. The molecule has 0 saturated heterocycles. The highest BCUT2D eigenvalue weighted by molar-refractivity contribution is 5.85. The Hall–Kier alpha value is -0.320. The lowest BCUT2D eigenvalue weighted by Gasteiger charge is -2.06. The number of nitrogens with one attached hydrogen (secondary N) is 1. The van der Waals surface area contributed by atoms with Gasteiger partial charge >= 0.3 is 0 Å². The van der Waals surface area contributed by atoms with Crippen molar-refractivity contribution in [2.45, 2.75) is 38.6 Å². The van der Waals surface area contributed by atoms with Gasteiger partial charge in [0.15, 0.2) is 0 Å². The Morgan fingerprint density at radius 3 is 2.67 bits per heavy atom. The first kappa shape index (κ1) is 17.1. The molecule has 0 aliphatic heterocycles. The van der Waals surface area contributed by atoms with Gasteiger partial charge in [-0.25, -0.2) is 0 Å². The molecule has 0 rings (SSSR count). The van der Waals surface area contributed by atoms with E-state index in [1.54, 1.807) is 7.11 Å². The fourth-order valence-corrected chi connectivity index (χ4v) is 1.06. The number of amides is 1. The topological polar surface area (TPSA) is 64.3 Å². The summed E-state index contributed by atoms with van der Waals surface area (Å²) in [7, 11) is 1.67. The highest BCUT2D eigenvalue weighted by atomic mass is 35.5. The molecule has 15 heavy (non-hydrogen) atoms. The van der Waals surface area contributed by atoms with Crippen LogP contribution >= 0.6 is 12.4 Å². The van der Waals surface area contributed by atoms with E-state index >= 15 is 0 Å². The molecule has 1 atom stereocenters. The van der Waals surface area contributed by atoms with Crippen LogP contribution in [0.1, 0.15) is 32.6 Å². The Kier molecular flexibility index (Phi) is 13.4. The van der Waals surface area contributed by atoms with Crippen LogP contribution in [-0.2, 0) is 9.53 Å². The fraction of sp³-hybridized carbons (Fsp3) is 0.900. The summed E-state index contributed by atoms with van der Waals surface area (Å²) in [6, 6.07) is 0.156. The highest BCUT2D eigenvalue weighted by Gasteiger charge is 2.00. The van der Waals surface area contributed by atoms with E-state index in [9.17, 15) is 4.79 Å². The van der Waals surface area contributed by atoms with Crippen LogP contribution < -0.4 is 11.1 Å². The summed E-state index contributed by atoms with van der Waals surface area (Å²) in [5.74, 6) is 0.113. The normalized spacial score (nSPS) is 11.7. The summed E-state index contributed by atoms with van der Waals surface area (Å²) in [6.45, 7) is 3.35. The van der Waals surface area contributed by atoms with E-state index in [-0.39, 0.29) is 24.4 Å².